The number of nitrogens with one attached hydrogen (secondary N) is 2. The van der Waals surface area contributed by atoms with Crippen LogP contribution in [0.25, 0.3) is 0 Å². The molecule has 2 N–H and O–H groups in total. The predicted octanol–water partition coefficient (Wildman–Crippen LogP) is 2.28. The zero-order valence-corrected chi connectivity index (χ0v) is 17.3. The van der Waals surface area contributed by atoms with Crippen LogP contribution >= 0.6 is 12.4 Å². The molecule has 2 amide bonds. The van der Waals surface area contributed by atoms with Gasteiger partial charge in [0.1, 0.15) is 5.69 Å². The van der Waals surface area contributed by atoms with Gasteiger partial charge in [0, 0.05) is 38.8 Å². The average molecular weight is 418 g/mol. The molecule has 2 saturated heterocycles. The van der Waals surface area contributed by atoms with E-state index < -0.39 is 0 Å². The fraction of sp³-hybridized carbons (Fsp3) is 0.476. The van der Waals surface area contributed by atoms with Gasteiger partial charge in [0.05, 0.1) is 6.04 Å². The molecule has 0 saturated carbocycles. The summed E-state index contributed by atoms with van der Waals surface area (Å²) in [5, 5.41) is 10.8. The minimum atomic E-state index is -0.164. The van der Waals surface area contributed by atoms with E-state index in [0.29, 0.717) is 31.2 Å². The Kier molecular flexibility index (Phi) is 7.28. The van der Waals surface area contributed by atoms with Gasteiger partial charge in [-0.2, -0.15) is 5.10 Å². The predicted molar refractivity (Wildman–Crippen MR) is 113 cm³/mol. The van der Waals surface area contributed by atoms with Crippen LogP contribution in [-0.4, -0.2) is 46.1 Å². The van der Waals surface area contributed by atoms with Gasteiger partial charge >= 0.3 is 0 Å². The van der Waals surface area contributed by atoms with Crippen LogP contribution in [0.4, 0.5) is 0 Å². The number of carbonyl (C=O) groups is 2. The summed E-state index contributed by atoms with van der Waals surface area (Å²) in [5.74, 6) is 0.0603. The molecule has 1 unspecified atom stereocenters. The van der Waals surface area contributed by atoms with Crippen molar-refractivity contribution in [2.24, 2.45) is 0 Å². The molecule has 1 aromatic carbocycles. The minimum Gasteiger partial charge on any atom is -0.347 e. The third kappa shape index (κ3) is 5.36. The van der Waals surface area contributed by atoms with E-state index in [-0.39, 0.29) is 24.2 Å². The van der Waals surface area contributed by atoms with Crippen LogP contribution in [0.1, 0.15) is 53.3 Å². The molecular weight excluding hydrogens is 390 g/mol. The van der Waals surface area contributed by atoms with Gasteiger partial charge in [-0.15, -0.1) is 12.4 Å². The molecule has 0 radical (unpaired) electrons. The summed E-state index contributed by atoms with van der Waals surface area (Å²) >= 11 is 0. The van der Waals surface area contributed by atoms with Gasteiger partial charge < -0.3 is 15.5 Å². The monoisotopic (exact) mass is 417 g/mol. The van der Waals surface area contributed by atoms with E-state index in [4.69, 9.17) is 0 Å². The van der Waals surface area contributed by atoms with Crippen LogP contribution in [0.3, 0.4) is 0 Å². The maximum absolute atomic E-state index is 12.5. The molecule has 156 valence electrons. The molecular formula is C21H28ClN5O2. The first-order valence-electron chi connectivity index (χ1n) is 10.1. The van der Waals surface area contributed by atoms with E-state index in [1.807, 2.05) is 34.0 Å². The molecule has 0 aliphatic carbocycles. The number of hydrogen-bond acceptors (Lipinski definition) is 4. The molecule has 3 heterocycles. The van der Waals surface area contributed by atoms with E-state index in [0.717, 1.165) is 50.0 Å². The second kappa shape index (κ2) is 9.89. The third-order valence-corrected chi connectivity index (χ3v) is 5.48. The fourth-order valence-corrected chi connectivity index (χ4v) is 3.92. The molecule has 4 rings (SSSR count). The largest absolute Gasteiger partial charge is 0.347 e. The summed E-state index contributed by atoms with van der Waals surface area (Å²) in [5.41, 5.74) is 2.56. The molecule has 2 fully saturated rings. The van der Waals surface area contributed by atoms with Gasteiger partial charge in [0.25, 0.3) is 5.91 Å². The highest BCUT2D eigenvalue weighted by Gasteiger charge is 2.20. The number of aromatic nitrogens is 2. The maximum Gasteiger partial charge on any atom is 0.272 e. The van der Waals surface area contributed by atoms with Crippen molar-refractivity contribution in [3.05, 3.63) is 53.3 Å². The van der Waals surface area contributed by atoms with Crippen LogP contribution in [0.5, 0.6) is 0 Å². The Morgan fingerprint density at radius 2 is 2.10 bits per heavy atom. The Balaban J connectivity index is 0.00000240. The molecule has 7 nitrogen and oxygen atoms in total. The lowest BCUT2D eigenvalue weighted by atomic mass is 10.1. The first-order chi connectivity index (χ1) is 13.7. The number of nitrogens with zero attached hydrogens (tertiary/aromatic N) is 3. The van der Waals surface area contributed by atoms with Crippen molar-refractivity contribution >= 4 is 24.2 Å². The quantitative estimate of drug-likeness (QED) is 0.755. The first-order valence-corrected chi connectivity index (χ1v) is 10.1. The van der Waals surface area contributed by atoms with Gasteiger partial charge in [-0.1, -0.05) is 24.3 Å². The van der Waals surface area contributed by atoms with Gasteiger partial charge in [-0.3, -0.25) is 14.3 Å². The maximum atomic E-state index is 12.5. The summed E-state index contributed by atoms with van der Waals surface area (Å²) in [6.07, 6.45) is 5.70. The number of benzene rings is 1. The molecule has 0 spiro atoms. The lowest BCUT2D eigenvalue weighted by Gasteiger charge is -2.22. The molecule has 2 aliphatic heterocycles. The number of halogens is 1. The molecule has 1 atom stereocenters. The Hall–Kier alpha value is -2.38. The molecule has 29 heavy (non-hydrogen) atoms. The average Bonchev–Trinajstić information content (AvgIpc) is 3.37. The topological polar surface area (TPSA) is 79.3 Å². The molecule has 2 aliphatic rings. The van der Waals surface area contributed by atoms with Crippen molar-refractivity contribution in [1.82, 2.24) is 25.3 Å². The van der Waals surface area contributed by atoms with Crippen LogP contribution in [0.2, 0.25) is 0 Å². The van der Waals surface area contributed by atoms with Crippen molar-refractivity contribution < 1.29 is 9.59 Å². The number of amides is 2. The smallest absolute Gasteiger partial charge is 0.272 e. The fourth-order valence-electron chi connectivity index (χ4n) is 3.92. The second-order valence-electron chi connectivity index (χ2n) is 7.60. The lowest BCUT2D eigenvalue weighted by Crippen LogP contribution is -2.32. The second-order valence-corrected chi connectivity index (χ2v) is 7.60. The van der Waals surface area contributed by atoms with E-state index >= 15 is 0 Å². The Morgan fingerprint density at radius 1 is 1.24 bits per heavy atom. The minimum absolute atomic E-state index is 0. The highest BCUT2D eigenvalue weighted by Crippen LogP contribution is 2.17. The summed E-state index contributed by atoms with van der Waals surface area (Å²) in [4.78, 5) is 26.2. The van der Waals surface area contributed by atoms with Crippen molar-refractivity contribution in [3.63, 3.8) is 0 Å². The molecule has 8 heteroatoms. The van der Waals surface area contributed by atoms with Gasteiger partial charge in [-0.05, 0) is 43.0 Å². The van der Waals surface area contributed by atoms with Crippen LogP contribution < -0.4 is 10.6 Å². The van der Waals surface area contributed by atoms with Gasteiger partial charge in [-0.25, -0.2) is 0 Å². The molecule has 0 bridgehead atoms. The van der Waals surface area contributed by atoms with Crippen molar-refractivity contribution in [2.45, 2.75) is 44.8 Å². The number of piperidine rings is 1. The molecule has 1 aromatic heterocycles. The zero-order valence-electron chi connectivity index (χ0n) is 16.5. The van der Waals surface area contributed by atoms with E-state index in [2.05, 4.69) is 21.8 Å². The van der Waals surface area contributed by atoms with Gasteiger partial charge in [0.2, 0.25) is 5.91 Å². The number of likely N-dealkylation sites (tertiary alicyclic amines) is 1. The normalized spacial score (nSPS) is 19.1. The highest BCUT2D eigenvalue weighted by molar-refractivity contribution is 5.92. The highest BCUT2D eigenvalue weighted by atomic mass is 35.5. The first kappa shape index (κ1) is 21.3. The number of rotatable bonds is 6. The molecule has 2 aromatic rings. The zero-order chi connectivity index (χ0) is 19.3. The summed E-state index contributed by atoms with van der Waals surface area (Å²) in [6, 6.07) is 10.1. The lowest BCUT2D eigenvalue weighted by molar-refractivity contribution is -0.128. The van der Waals surface area contributed by atoms with Crippen LogP contribution in [-0.2, 0) is 17.9 Å². The standard InChI is InChI=1S/C21H27N5O2.ClH/c27-20-7-3-10-25(20)15-17-5-1-4-16(12-17)13-23-21(28)19-8-11-26(24-19)18-6-2-9-22-14-18;/h1,4-5,8,11-12,18,22H,2-3,6-7,9-10,13-15H2,(H,23,28);1H. The Labute approximate surface area is 177 Å². The number of carbonyl (C=O) groups excluding carboxylic acids is 2. The van der Waals surface area contributed by atoms with Crippen molar-refractivity contribution in [2.75, 3.05) is 19.6 Å². The van der Waals surface area contributed by atoms with E-state index in [1.165, 1.54) is 0 Å². The van der Waals surface area contributed by atoms with E-state index in [9.17, 15) is 9.59 Å². The summed E-state index contributed by atoms with van der Waals surface area (Å²) in [6.45, 7) is 3.86. The SMILES string of the molecule is Cl.O=C(NCc1cccc(CN2CCCC2=O)c1)c1ccn(C2CCCNC2)n1. The van der Waals surface area contributed by atoms with Crippen LogP contribution in [0, 0.1) is 0 Å². The third-order valence-electron chi connectivity index (χ3n) is 5.48. The number of hydrogen-bond donors (Lipinski definition) is 2. The summed E-state index contributed by atoms with van der Waals surface area (Å²) < 4.78 is 1.90. The van der Waals surface area contributed by atoms with Gasteiger partial charge in [0.15, 0.2) is 0 Å². The Morgan fingerprint density at radius 3 is 2.86 bits per heavy atom. The van der Waals surface area contributed by atoms with Crippen molar-refractivity contribution in [1.29, 1.82) is 0 Å². The summed E-state index contributed by atoms with van der Waals surface area (Å²) in [7, 11) is 0. The van der Waals surface area contributed by atoms with E-state index in [1.54, 1.807) is 6.07 Å². The van der Waals surface area contributed by atoms with Crippen molar-refractivity contribution in [3.8, 4) is 0 Å². The van der Waals surface area contributed by atoms with Crippen LogP contribution in [0.15, 0.2) is 36.5 Å². The Bertz CT molecular complexity index is 847.